The lowest BCUT2D eigenvalue weighted by Gasteiger charge is -2.06. The van der Waals surface area contributed by atoms with Crippen molar-refractivity contribution < 1.29 is 0 Å². The zero-order valence-corrected chi connectivity index (χ0v) is 19.5. The maximum Gasteiger partial charge on any atom is 0.0729 e. The number of nitrogens with zero attached hydrogens (tertiary/aromatic N) is 4. The second kappa shape index (κ2) is 9.54. The second-order valence-electron chi connectivity index (χ2n) is 6.54. The highest BCUT2D eigenvalue weighted by atomic mass is 127. The maximum atomic E-state index is 4.61. The van der Waals surface area contributed by atoms with Crippen LogP contribution in [0.15, 0.2) is 0 Å². The minimum Gasteiger partial charge on any atom is -0.269 e. The molecule has 0 fully saturated rings. The Morgan fingerprint density at radius 3 is 1.25 bits per heavy atom. The van der Waals surface area contributed by atoms with Crippen molar-refractivity contribution in [2.45, 2.75) is 79.3 Å². The zero-order chi connectivity index (χ0) is 17.7. The van der Waals surface area contributed by atoms with Gasteiger partial charge in [-0.05, 0) is 85.7 Å². The Morgan fingerprint density at radius 1 is 0.625 bits per heavy atom. The summed E-state index contributed by atoms with van der Waals surface area (Å²) in [5.74, 6) is 0. The minimum atomic E-state index is 1.06. The average Bonchev–Trinajstić information content (AvgIpc) is 2.95. The summed E-state index contributed by atoms with van der Waals surface area (Å²) < 4.78 is 6.96. The monoisotopic (exact) mass is 554 g/mol. The fourth-order valence-electron chi connectivity index (χ4n) is 3.02. The van der Waals surface area contributed by atoms with Crippen LogP contribution in [0.5, 0.6) is 0 Å². The molecule has 0 aliphatic carbocycles. The van der Waals surface area contributed by atoms with Crippen LogP contribution in [-0.4, -0.2) is 19.6 Å². The van der Waals surface area contributed by atoms with Crippen LogP contribution >= 0.6 is 45.2 Å². The Balaban J connectivity index is 1.57. The summed E-state index contributed by atoms with van der Waals surface area (Å²) in [6, 6.07) is 0. The molecule has 0 radical (unpaired) electrons. The Bertz CT molecular complexity index is 615. The van der Waals surface area contributed by atoms with Crippen molar-refractivity contribution in [1.29, 1.82) is 0 Å². The van der Waals surface area contributed by atoms with E-state index in [9.17, 15) is 0 Å². The molecular formula is C18H28I2N4. The summed E-state index contributed by atoms with van der Waals surface area (Å²) in [5.41, 5.74) is 4.94. The predicted octanol–water partition coefficient (Wildman–Crippen LogP) is 5.56. The van der Waals surface area contributed by atoms with Gasteiger partial charge >= 0.3 is 0 Å². The summed E-state index contributed by atoms with van der Waals surface area (Å²) in [6.07, 6.45) is 7.71. The molecular weight excluding hydrogens is 526 g/mol. The number of halogens is 2. The molecule has 134 valence electrons. The van der Waals surface area contributed by atoms with Crippen molar-refractivity contribution in [2.75, 3.05) is 0 Å². The third-order valence-electron chi connectivity index (χ3n) is 4.58. The normalized spacial score (nSPS) is 11.4. The fraction of sp³-hybridized carbons (Fsp3) is 0.667. The van der Waals surface area contributed by atoms with Gasteiger partial charge in [-0.3, -0.25) is 9.36 Å². The first-order valence-corrected chi connectivity index (χ1v) is 11.0. The molecule has 0 atom stereocenters. The summed E-state index contributed by atoms with van der Waals surface area (Å²) in [4.78, 5) is 0. The van der Waals surface area contributed by atoms with Gasteiger partial charge in [0, 0.05) is 24.5 Å². The van der Waals surface area contributed by atoms with Gasteiger partial charge in [-0.25, -0.2) is 0 Å². The lowest BCUT2D eigenvalue weighted by atomic mass is 10.1. The van der Waals surface area contributed by atoms with Crippen LogP contribution in [0.4, 0.5) is 0 Å². The van der Waals surface area contributed by atoms with Crippen LogP contribution < -0.4 is 0 Å². The number of unbranched alkanes of at least 4 members (excludes halogenated alkanes) is 5. The fourth-order valence-corrected chi connectivity index (χ4v) is 3.79. The van der Waals surface area contributed by atoms with Crippen molar-refractivity contribution in [2.24, 2.45) is 0 Å². The van der Waals surface area contributed by atoms with Crippen molar-refractivity contribution in [3.63, 3.8) is 0 Å². The van der Waals surface area contributed by atoms with E-state index in [0.29, 0.717) is 0 Å². The van der Waals surface area contributed by atoms with Crippen molar-refractivity contribution in [3.05, 3.63) is 29.9 Å². The van der Waals surface area contributed by atoms with Gasteiger partial charge in [0.1, 0.15) is 0 Å². The highest BCUT2D eigenvalue weighted by molar-refractivity contribution is 14.1. The van der Waals surface area contributed by atoms with E-state index >= 15 is 0 Å². The molecule has 0 aliphatic heterocycles. The van der Waals surface area contributed by atoms with E-state index in [4.69, 9.17) is 0 Å². The predicted molar refractivity (Wildman–Crippen MR) is 117 cm³/mol. The van der Waals surface area contributed by atoms with Crippen LogP contribution in [0.1, 0.15) is 61.3 Å². The van der Waals surface area contributed by atoms with Gasteiger partial charge in [0.05, 0.1) is 18.5 Å². The molecule has 0 aromatic carbocycles. The van der Waals surface area contributed by atoms with Crippen molar-refractivity contribution >= 4 is 45.2 Å². The van der Waals surface area contributed by atoms with Crippen LogP contribution in [0, 0.1) is 34.8 Å². The number of aryl methyl sites for hydroxylation is 4. The quantitative estimate of drug-likeness (QED) is 0.301. The first-order valence-electron chi connectivity index (χ1n) is 8.80. The third-order valence-corrected chi connectivity index (χ3v) is 7.70. The molecule has 0 unspecified atom stereocenters. The highest BCUT2D eigenvalue weighted by Gasteiger charge is 2.08. The minimum absolute atomic E-state index is 1.06. The van der Waals surface area contributed by atoms with Crippen molar-refractivity contribution in [1.82, 2.24) is 19.6 Å². The number of hydrogen-bond acceptors (Lipinski definition) is 2. The molecule has 2 heterocycles. The smallest absolute Gasteiger partial charge is 0.0729 e. The number of rotatable bonds is 9. The molecule has 4 nitrogen and oxygen atoms in total. The molecule has 0 N–H and O–H groups in total. The average molecular weight is 554 g/mol. The van der Waals surface area contributed by atoms with Gasteiger partial charge in [0.15, 0.2) is 0 Å². The van der Waals surface area contributed by atoms with E-state index < -0.39 is 0 Å². The topological polar surface area (TPSA) is 35.6 Å². The lowest BCUT2D eigenvalue weighted by Crippen LogP contribution is -2.03. The molecule has 0 aliphatic rings. The molecule has 2 rings (SSSR count). The zero-order valence-electron chi connectivity index (χ0n) is 15.2. The Morgan fingerprint density at radius 2 is 0.958 bits per heavy atom. The van der Waals surface area contributed by atoms with E-state index in [-0.39, 0.29) is 0 Å². The Hall–Kier alpha value is -0.120. The SMILES string of the molecule is Cc1nn(CCCCCCCCn2nc(C)c(I)c2C)c(C)c1I. The maximum absolute atomic E-state index is 4.61. The molecule has 0 bridgehead atoms. The molecule has 24 heavy (non-hydrogen) atoms. The van der Waals surface area contributed by atoms with E-state index in [1.54, 1.807) is 0 Å². The summed E-state index contributed by atoms with van der Waals surface area (Å²) >= 11 is 4.79. The van der Waals surface area contributed by atoms with Crippen LogP contribution in [-0.2, 0) is 13.1 Å². The van der Waals surface area contributed by atoms with E-state index in [1.807, 2.05) is 0 Å². The first-order chi connectivity index (χ1) is 11.4. The number of hydrogen-bond donors (Lipinski definition) is 0. The van der Waals surface area contributed by atoms with Gasteiger partial charge in [-0.1, -0.05) is 25.7 Å². The Labute approximate surface area is 173 Å². The van der Waals surface area contributed by atoms with E-state index in [2.05, 4.69) is 92.4 Å². The van der Waals surface area contributed by atoms with Gasteiger partial charge in [0.25, 0.3) is 0 Å². The molecule has 0 saturated carbocycles. The molecule has 0 saturated heterocycles. The van der Waals surface area contributed by atoms with Crippen LogP contribution in [0.2, 0.25) is 0 Å². The summed E-state index contributed by atoms with van der Waals surface area (Å²) in [6.45, 7) is 10.6. The molecule has 0 spiro atoms. The van der Waals surface area contributed by atoms with E-state index in [1.165, 1.54) is 57.1 Å². The standard InChI is InChI=1S/C18H28I2N4/c1-13-17(19)15(3)23(21-13)11-9-7-5-6-8-10-12-24-16(4)18(20)14(2)22-24/h5-12H2,1-4H3. The molecule has 2 aromatic heterocycles. The first kappa shape index (κ1) is 20.2. The van der Waals surface area contributed by atoms with Gasteiger partial charge in [-0.2, -0.15) is 10.2 Å². The molecule has 2 aromatic rings. The second-order valence-corrected chi connectivity index (χ2v) is 8.69. The van der Waals surface area contributed by atoms with Crippen LogP contribution in [0.25, 0.3) is 0 Å². The summed E-state index contributed by atoms with van der Waals surface area (Å²) in [5, 5.41) is 9.21. The van der Waals surface area contributed by atoms with Gasteiger partial charge < -0.3 is 0 Å². The lowest BCUT2D eigenvalue weighted by molar-refractivity contribution is 0.494. The van der Waals surface area contributed by atoms with Crippen molar-refractivity contribution in [3.8, 4) is 0 Å². The third kappa shape index (κ3) is 5.19. The summed E-state index contributed by atoms with van der Waals surface area (Å²) in [7, 11) is 0. The van der Waals surface area contributed by atoms with Crippen LogP contribution in [0.3, 0.4) is 0 Å². The number of aromatic nitrogens is 4. The van der Waals surface area contributed by atoms with Gasteiger partial charge in [-0.15, -0.1) is 0 Å². The van der Waals surface area contributed by atoms with Gasteiger partial charge in [0.2, 0.25) is 0 Å². The highest BCUT2D eigenvalue weighted by Crippen LogP contribution is 2.17. The largest absolute Gasteiger partial charge is 0.269 e. The molecule has 6 heteroatoms. The Kier molecular flexibility index (Phi) is 8.03. The molecule has 0 amide bonds. The van der Waals surface area contributed by atoms with E-state index in [0.717, 1.165) is 24.5 Å².